The van der Waals surface area contributed by atoms with Gasteiger partial charge in [0.1, 0.15) is 5.75 Å². The van der Waals surface area contributed by atoms with Crippen molar-refractivity contribution in [1.82, 2.24) is 0 Å². The number of halogens is 3. The lowest BCUT2D eigenvalue weighted by Crippen LogP contribution is -2.04. The first-order chi connectivity index (χ1) is 10.0. The smallest absolute Gasteiger partial charge is 0.194 e. The van der Waals surface area contributed by atoms with Crippen molar-refractivity contribution in [2.45, 2.75) is 13.3 Å². The molecule has 0 saturated carbocycles. The van der Waals surface area contributed by atoms with Gasteiger partial charge in [0.25, 0.3) is 0 Å². The molecule has 0 N–H and O–H groups in total. The van der Waals surface area contributed by atoms with Crippen molar-refractivity contribution < 1.29 is 9.53 Å². The maximum Gasteiger partial charge on any atom is 0.194 e. The highest BCUT2D eigenvalue weighted by Crippen LogP contribution is 2.28. The van der Waals surface area contributed by atoms with E-state index in [-0.39, 0.29) is 5.78 Å². The highest BCUT2D eigenvalue weighted by molar-refractivity contribution is 14.1. The second-order valence-corrected chi connectivity index (χ2v) is 7.38. The van der Waals surface area contributed by atoms with Crippen molar-refractivity contribution in [2.24, 2.45) is 0 Å². The van der Waals surface area contributed by atoms with E-state index in [1.165, 1.54) is 0 Å². The average molecular weight is 524 g/mol. The largest absolute Gasteiger partial charge is 0.492 e. The molecule has 0 spiro atoms. The molecule has 21 heavy (non-hydrogen) atoms. The molecular weight excluding hydrogens is 511 g/mol. The van der Waals surface area contributed by atoms with E-state index in [1.807, 2.05) is 30.3 Å². The molecule has 0 saturated heterocycles. The summed E-state index contributed by atoms with van der Waals surface area (Å²) in [6.07, 6.45) is 0.948. The molecule has 0 aromatic heterocycles. The van der Waals surface area contributed by atoms with Crippen LogP contribution in [0.5, 0.6) is 5.75 Å². The number of hydrogen-bond acceptors (Lipinski definition) is 2. The zero-order valence-corrected chi connectivity index (χ0v) is 16.7. The highest BCUT2D eigenvalue weighted by Gasteiger charge is 2.14. The van der Waals surface area contributed by atoms with Gasteiger partial charge in [0.2, 0.25) is 0 Å². The second kappa shape index (κ2) is 7.74. The van der Waals surface area contributed by atoms with E-state index in [4.69, 9.17) is 4.74 Å². The molecule has 110 valence electrons. The van der Waals surface area contributed by atoms with Crippen molar-refractivity contribution in [3.63, 3.8) is 0 Å². The van der Waals surface area contributed by atoms with Crippen LogP contribution in [0.1, 0.15) is 29.3 Å². The van der Waals surface area contributed by atoms with Gasteiger partial charge < -0.3 is 4.74 Å². The number of carbonyl (C=O) groups is 1. The van der Waals surface area contributed by atoms with Gasteiger partial charge in [-0.2, -0.15) is 0 Å². The maximum absolute atomic E-state index is 12.6. The number of rotatable bonds is 5. The third kappa shape index (κ3) is 4.29. The summed E-state index contributed by atoms with van der Waals surface area (Å²) in [6.45, 7) is 2.72. The fourth-order valence-electron chi connectivity index (χ4n) is 1.80. The molecule has 2 aromatic carbocycles. The van der Waals surface area contributed by atoms with Gasteiger partial charge >= 0.3 is 0 Å². The average Bonchev–Trinajstić information content (AvgIpc) is 2.47. The van der Waals surface area contributed by atoms with Gasteiger partial charge in [-0.3, -0.25) is 4.79 Å². The van der Waals surface area contributed by atoms with Crippen molar-refractivity contribution in [2.75, 3.05) is 6.61 Å². The van der Waals surface area contributed by atoms with Gasteiger partial charge in [-0.05, 0) is 81.3 Å². The normalized spacial score (nSPS) is 10.5. The molecule has 2 aromatic rings. The van der Waals surface area contributed by atoms with Crippen LogP contribution >= 0.6 is 54.5 Å². The Kier molecular flexibility index (Phi) is 6.25. The first-order valence-electron chi connectivity index (χ1n) is 6.45. The quantitative estimate of drug-likeness (QED) is 0.364. The van der Waals surface area contributed by atoms with Crippen LogP contribution in [0.3, 0.4) is 0 Å². The Bertz CT molecular complexity index is 671. The van der Waals surface area contributed by atoms with Crippen LogP contribution in [0.4, 0.5) is 0 Å². The molecule has 0 radical (unpaired) electrons. The van der Waals surface area contributed by atoms with Gasteiger partial charge in [0.05, 0.1) is 11.1 Å². The van der Waals surface area contributed by atoms with Crippen LogP contribution in [0, 0.1) is 3.57 Å². The Hall–Kier alpha value is -0.400. The standard InChI is InChI=1S/C16H13Br2IO2/c1-2-7-21-15-6-3-10(8-13(15)18)16(20)12-9-11(17)4-5-14(12)19/h3-6,8-9H,2,7H2,1H3. The highest BCUT2D eigenvalue weighted by atomic mass is 127. The molecule has 2 rings (SSSR count). The molecule has 0 heterocycles. The van der Waals surface area contributed by atoms with Crippen LogP contribution < -0.4 is 4.74 Å². The zero-order chi connectivity index (χ0) is 15.4. The maximum atomic E-state index is 12.6. The Morgan fingerprint density at radius 3 is 2.62 bits per heavy atom. The molecule has 5 heteroatoms. The van der Waals surface area contributed by atoms with E-state index < -0.39 is 0 Å². The van der Waals surface area contributed by atoms with E-state index in [2.05, 4.69) is 61.4 Å². The summed E-state index contributed by atoms with van der Waals surface area (Å²) in [5.74, 6) is 0.765. The first kappa shape index (κ1) is 17.0. The molecule has 0 unspecified atom stereocenters. The van der Waals surface area contributed by atoms with Crippen LogP contribution in [-0.4, -0.2) is 12.4 Å². The number of carbonyl (C=O) groups excluding carboxylic acids is 1. The van der Waals surface area contributed by atoms with Crippen molar-refractivity contribution in [1.29, 1.82) is 0 Å². The Morgan fingerprint density at radius 1 is 1.19 bits per heavy atom. The SMILES string of the molecule is CCCOc1ccc(C(=O)c2cc(Br)ccc2I)cc1Br. The Morgan fingerprint density at radius 2 is 1.95 bits per heavy atom. The van der Waals surface area contributed by atoms with Crippen LogP contribution in [0.15, 0.2) is 45.3 Å². The van der Waals surface area contributed by atoms with Gasteiger partial charge in [0, 0.05) is 19.2 Å². The monoisotopic (exact) mass is 522 g/mol. The number of hydrogen-bond donors (Lipinski definition) is 0. The summed E-state index contributed by atoms with van der Waals surface area (Å²) in [6, 6.07) is 11.1. The topological polar surface area (TPSA) is 26.3 Å². The third-order valence-corrected chi connectivity index (χ3v) is 4.88. The van der Waals surface area contributed by atoms with Gasteiger partial charge in [-0.15, -0.1) is 0 Å². The lowest BCUT2D eigenvalue weighted by atomic mass is 10.0. The molecule has 0 aliphatic carbocycles. The summed E-state index contributed by atoms with van der Waals surface area (Å²) in [5, 5.41) is 0. The molecule has 0 bridgehead atoms. The van der Waals surface area contributed by atoms with E-state index in [0.29, 0.717) is 17.7 Å². The number of ketones is 1. The summed E-state index contributed by atoms with van der Waals surface area (Å²) in [7, 11) is 0. The first-order valence-corrected chi connectivity index (χ1v) is 9.11. The minimum absolute atomic E-state index is 0.00319. The van der Waals surface area contributed by atoms with E-state index in [1.54, 1.807) is 6.07 Å². The molecule has 0 amide bonds. The summed E-state index contributed by atoms with van der Waals surface area (Å²) >= 11 is 9.04. The summed E-state index contributed by atoms with van der Waals surface area (Å²) in [4.78, 5) is 12.6. The van der Waals surface area contributed by atoms with Crippen molar-refractivity contribution >= 4 is 60.2 Å². The van der Waals surface area contributed by atoms with Crippen molar-refractivity contribution in [3.8, 4) is 5.75 Å². The summed E-state index contributed by atoms with van der Waals surface area (Å²) in [5.41, 5.74) is 1.33. The van der Waals surface area contributed by atoms with E-state index >= 15 is 0 Å². The predicted octanol–water partition coefficient (Wildman–Crippen LogP) is 5.84. The van der Waals surface area contributed by atoms with Gasteiger partial charge in [-0.25, -0.2) is 0 Å². The van der Waals surface area contributed by atoms with Gasteiger partial charge in [-0.1, -0.05) is 22.9 Å². The molecule has 2 nitrogen and oxygen atoms in total. The lowest BCUT2D eigenvalue weighted by Gasteiger charge is -2.09. The van der Waals surface area contributed by atoms with Crippen LogP contribution in [0.2, 0.25) is 0 Å². The number of ether oxygens (including phenoxy) is 1. The molecule has 0 aliphatic rings. The third-order valence-electron chi connectivity index (χ3n) is 2.83. The molecular formula is C16H13Br2IO2. The molecule has 0 aliphatic heterocycles. The minimum Gasteiger partial charge on any atom is -0.492 e. The van der Waals surface area contributed by atoms with Crippen LogP contribution in [0.25, 0.3) is 0 Å². The fourth-order valence-corrected chi connectivity index (χ4v) is 3.23. The van der Waals surface area contributed by atoms with Crippen LogP contribution in [-0.2, 0) is 0 Å². The fraction of sp³-hybridized carbons (Fsp3) is 0.188. The minimum atomic E-state index is 0.00319. The Balaban J connectivity index is 2.31. The van der Waals surface area contributed by atoms with Gasteiger partial charge in [0.15, 0.2) is 5.78 Å². The summed E-state index contributed by atoms with van der Waals surface area (Å²) < 4.78 is 8.23. The van der Waals surface area contributed by atoms with E-state index in [9.17, 15) is 4.79 Å². The Labute approximate surface area is 154 Å². The zero-order valence-electron chi connectivity index (χ0n) is 11.3. The van der Waals surface area contributed by atoms with Crippen molar-refractivity contribution in [3.05, 3.63) is 60.0 Å². The lowest BCUT2D eigenvalue weighted by molar-refractivity contribution is 0.103. The second-order valence-electron chi connectivity index (χ2n) is 4.45. The number of benzene rings is 2. The van der Waals surface area contributed by atoms with E-state index in [0.717, 1.165) is 24.7 Å². The predicted molar refractivity (Wildman–Crippen MR) is 100 cm³/mol. The molecule has 0 atom stereocenters. The molecule has 0 fully saturated rings.